The van der Waals surface area contributed by atoms with Crippen LogP contribution in [-0.2, 0) is 42.7 Å². The Labute approximate surface area is 195 Å². The molecule has 1 N–H and O–H groups in total. The lowest BCUT2D eigenvalue weighted by atomic mass is 10.4. The smallest absolute Gasteiger partial charge is 0.407 e. The van der Waals surface area contributed by atoms with E-state index in [0.717, 1.165) is 0 Å². The number of ether oxygens (including phenoxy) is 8. The molecule has 0 aliphatic carbocycles. The molecule has 0 radical (unpaired) electrons. The van der Waals surface area contributed by atoms with E-state index in [4.69, 9.17) is 37.9 Å². The molecule has 1 amide bonds. The fourth-order valence-corrected chi connectivity index (χ4v) is 1.82. The van der Waals surface area contributed by atoms with E-state index in [9.17, 15) is 9.59 Å². The Balaban J connectivity index is 3.92. The number of amides is 1. The van der Waals surface area contributed by atoms with E-state index < -0.39 is 18.2 Å². The minimum atomic E-state index is -0.680. The second kappa shape index (κ2) is 20.0. The lowest BCUT2D eigenvalue weighted by molar-refractivity contribution is -0.140. The number of carbonyl (C=O) groups is 2. The molecule has 0 aromatic rings. The summed E-state index contributed by atoms with van der Waals surface area (Å²) in [7, 11) is 0. The molecule has 0 atom stereocenters. The van der Waals surface area contributed by atoms with Crippen molar-refractivity contribution < 1.29 is 47.5 Å². The predicted octanol–water partition coefficient (Wildman–Crippen LogP) is 2.28. The zero-order valence-electron chi connectivity index (χ0n) is 19.9. The summed E-state index contributed by atoms with van der Waals surface area (Å²) < 4.78 is 41.6. The first-order chi connectivity index (χ1) is 15.7. The average molecular weight is 476 g/mol. The minimum absolute atomic E-state index is 0.0225. The van der Waals surface area contributed by atoms with Crippen molar-refractivity contribution in [1.29, 1.82) is 0 Å². The number of hydrogen-bond donors (Lipinski definition) is 1. The first-order valence-electron chi connectivity index (χ1n) is 10.4. The molecule has 0 spiro atoms. The normalized spacial score (nSPS) is 10.4. The Hall–Kier alpha value is -2.60. The van der Waals surface area contributed by atoms with Crippen LogP contribution in [0.15, 0.2) is 36.8 Å². The highest BCUT2D eigenvalue weighted by Gasteiger charge is 2.15. The number of nitrogens with one attached hydrogen (secondary N) is 1. The van der Waals surface area contributed by atoms with Gasteiger partial charge < -0.3 is 43.2 Å². The largest absolute Gasteiger partial charge is 0.473 e. The molecule has 0 aliphatic rings. The zero-order chi connectivity index (χ0) is 24.9. The van der Waals surface area contributed by atoms with Crippen molar-refractivity contribution in [3.05, 3.63) is 36.8 Å². The molecule has 0 aliphatic heterocycles. The van der Waals surface area contributed by atoms with Gasteiger partial charge in [-0.1, -0.05) is 19.7 Å². The van der Waals surface area contributed by atoms with Gasteiger partial charge in [-0.2, -0.15) is 0 Å². The molecule has 11 nitrogen and oxygen atoms in total. The summed E-state index contributed by atoms with van der Waals surface area (Å²) in [6, 6.07) is 0. The third-order valence-electron chi connectivity index (χ3n) is 3.36. The van der Waals surface area contributed by atoms with E-state index in [1.165, 1.54) is 0 Å². The topological polar surface area (TPSA) is 120 Å². The van der Waals surface area contributed by atoms with Gasteiger partial charge in [0.25, 0.3) is 0 Å². The Morgan fingerprint density at radius 2 is 1.24 bits per heavy atom. The van der Waals surface area contributed by atoms with Gasteiger partial charge in [-0.15, -0.1) is 0 Å². The monoisotopic (exact) mass is 475 g/mol. The number of carbonyl (C=O) groups excluding carboxylic acids is 2. The first-order valence-corrected chi connectivity index (χ1v) is 10.4. The third-order valence-corrected chi connectivity index (χ3v) is 3.36. The minimum Gasteiger partial charge on any atom is -0.473 e. The number of esters is 1. The van der Waals surface area contributed by atoms with Gasteiger partial charge in [0.1, 0.15) is 6.61 Å². The maximum Gasteiger partial charge on any atom is 0.407 e. The predicted molar refractivity (Wildman–Crippen MR) is 119 cm³/mol. The summed E-state index contributed by atoms with van der Waals surface area (Å²) >= 11 is 0. The highest BCUT2D eigenvalue weighted by atomic mass is 16.7. The second-order valence-electron chi connectivity index (χ2n) is 6.77. The van der Waals surface area contributed by atoms with Crippen LogP contribution in [0.25, 0.3) is 0 Å². The van der Waals surface area contributed by atoms with Crippen LogP contribution >= 0.6 is 0 Å². The van der Waals surface area contributed by atoms with Crippen molar-refractivity contribution in [3.8, 4) is 0 Å². The molecule has 0 heterocycles. The highest BCUT2D eigenvalue weighted by Crippen LogP contribution is 2.00. The number of allylic oxidation sites excluding steroid dienone is 2. The van der Waals surface area contributed by atoms with E-state index in [2.05, 4.69) is 25.1 Å². The van der Waals surface area contributed by atoms with Gasteiger partial charge in [0.2, 0.25) is 0 Å². The molecule has 0 aromatic heterocycles. The van der Waals surface area contributed by atoms with Crippen LogP contribution < -0.4 is 5.32 Å². The Bertz CT molecular complexity index is 586. The van der Waals surface area contributed by atoms with Crippen molar-refractivity contribution in [2.24, 2.45) is 0 Å². The van der Waals surface area contributed by atoms with Gasteiger partial charge in [0, 0.05) is 12.1 Å². The molecular formula is C22H37NO10. The van der Waals surface area contributed by atoms with Crippen LogP contribution in [0, 0.1) is 0 Å². The number of alkyl carbamates (subject to hydrolysis) is 1. The number of hydrogen-bond acceptors (Lipinski definition) is 10. The van der Waals surface area contributed by atoms with E-state index in [1.54, 1.807) is 20.8 Å². The molecule has 33 heavy (non-hydrogen) atoms. The van der Waals surface area contributed by atoms with E-state index in [1.807, 2.05) is 0 Å². The van der Waals surface area contributed by atoms with E-state index in [-0.39, 0.29) is 53.2 Å². The van der Waals surface area contributed by atoms with Crippen LogP contribution in [0.3, 0.4) is 0 Å². The van der Waals surface area contributed by atoms with E-state index >= 15 is 0 Å². The van der Waals surface area contributed by atoms with Crippen molar-refractivity contribution in [2.75, 3.05) is 66.4 Å². The van der Waals surface area contributed by atoms with Gasteiger partial charge >= 0.3 is 12.1 Å². The lowest BCUT2D eigenvalue weighted by Crippen LogP contribution is -2.36. The maximum atomic E-state index is 12.0. The quantitative estimate of drug-likeness (QED) is 0.0870. The van der Waals surface area contributed by atoms with Gasteiger partial charge in [0.05, 0.1) is 51.2 Å². The molecular weight excluding hydrogens is 438 g/mol. The van der Waals surface area contributed by atoms with Crippen LogP contribution in [0.5, 0.6) is 0 Å². The summed E-state index contributed by atoms with van der Waals surface area (Å²) in [6.45, 7) is 17.3. The molecule has 0 rings (SSSR count). The molecule has 0 saturated carbocycles. The van der Waals surface area contributed by atoms with Gasteiger partial charge in [-0.25, -0.2) is 9.59 Å². The van der Waals surface area contributed by atoms with Crippen molar-refractivity contribution >= 4 is 12.1 Å². The molecule has 0 fully saturated rings. The molecule has 0 saturated heterocycles. The van der Waals surface area contributed by atoms with E-state index in [0.29, 0.717) is 30.3 Å². The summed E-state index contributed by atoms with van der Waals surface area (Å²) in [5.41, 5.74) is 0.337. The fourth-order valence-electron chi connectivity index (χ4n) is 1.82. The van der Waals surface area contributed by atoms with Crippen molar-refractivity contribution in [2.45, 2.75) is 26.9 Å². The molecule has 190 valence electrons. The highest BCUT2D eigenvalue weighted by molar-refractivity contribution is 5.86. The first kappa shape index (κ1) is 30.4. The van der Waals surface area contributed by atoms with Gasteiger partial charge in [-0.05, 0) is 20.8 Å². The van der Waals surface area contributed by atoms with Crippen molar-refractivity contribution in [3.63, 3.8) is 0 Å². The fraction of sp³-hybridized carbons (Fsp3) is 0.636. The zero-order valence-corrected chi connectivity index (χ0v) is 19.9. The SMILES string of the molecule is C=C(C)OCOCC(COCOC(=C)C)OC(=O)NCCOCCOCCOC(=O)C(=C)C. The van der Waals surface area contributed by atoms with Crippen molar-refractivity contribution in [1.82, 2.24) is 5.32 Å². The summed E-state index contributed by atoms with van der Waals surface area (Å²) in [4.78, 5) is 23.2. The Morgan fingerprint density at radius 1 is 0.727 bits per heavy atom. The molecule has 0 bridgehead atoms. The molecule has 0 aromatic carbocycles. The van der Waals surface area contributed by atoms with Crippen LogP contribution in [0.1, 0.15) is 20.8 Å². The Morgan fingerprint density at radius 3 is 1.76 bits per heavy atom. The Kier molecular flexibility index (Phi) is 18.5. The van der Waals surface area contributed by atoms with Crippen LogP contribution in [0.4, 0.5) is 4.79 Å². The lowest BCUT2D eigenvalue weighted by Gasteiger charge is -2.19. The number of rotatable bonds is 21. The standard InChI is InChI=1S/C22H37NO10/c1-17(2)21(24)30-12-11-27-10-9-26-8-7-23-22(25)33-20(13-28-15-31-18(3)4)14-29-16-32-19(5)6/h20H,1,3,5,7-16H2,2,4,6H3,(H,23,25). The van der Waals surface area contributed by atoms with Crippen LogP contribution in [0.2, 0.25) is 0 Å². The summed E-state index contributed by atoms with van der Waals surface area (Å²) in [5.74, 6) is 0.564. The summed E-state index contributed by atoms with van der Waals surface area (Å²) in [5, 5.41) is 2.57. The maximum absolute atomic E-state index is 12.0. The molecule has 11 heteroatoms. The summed E-state index contributed by atoms with van der Waals surface area (Å²) in [6.07, 6.45) is -1.33. The molecule has 0 unspecified atom stereocenters. The second-order valence-corrected chi connectivity index (χ2v) is 6.77. The van der Waals surface area contributed by atoms with Gasteiger partial charge in [0.15, 0.2) is 19.7 Å². The third kappa shape index (κ3) is 21.0. The van der Waals surface area contributed by atoms with Gasteiger partial charge in [-0.3, -0.25) is 0 Å². The van der Waals surface area contributed by atoms with Crippen LogP contribution in [-0.4, -0.2) is 84.5 Å². The average Bonchev–Trinajstić information content (AvgIpc) is 2.74.